The van der Waals surface area contributed by atoms with Crippen molar-refractivity contribution in [3.63, 3.8) is 0 Å². The first-order valence-corrected chi connectivity index (χ1v) is 6.74. The lowest BCUT2D eigenvalue weighted by Crippen LogP contribution is -2.20. The van der Waals surface area contributed by atoms with Gasteiger partial charge in [0, 0.05) is 10.7 Å². The molecule has 5 nitrogen and oxygen atoms in total. The van der Waals surface area contributed by atoms with E-state index in [1.165, 1.54) is 0 Å². The molecule has 2 heterocycles. The van der Waals surface area contributed by atoms with Gasteiger partial charge in [-0.3, -0.25) is 9.48 Å². The number of pyridine rings is 1. The van der Waals surface area contributed by atoms with Crippen LogP contribution in [0.1, 0.15) is 5.69 Å². The molecule has 1 amide bonds. The third kappa shape index (κ3) is 3.17. The number of nitrogens with zero attached hydrogens (tertiary/aromatic N) is 3. The highest BCUT2D eigenvalue weighted by molar-refractivity contribution is 9.10. The van der Waals surface area contributed by atoms with Crippen molar-refractivity contribution in [2.45, 2.75) is 13.5 Å². The number of carbonyl (C=O) groups is 1. The zero-order valence-corrected chi connectivity index (χ0v) is 12.7. The summed E-state index contributed by atoms with van der Waals surface area (Å²) in [6.07, 6.45) is 3.30. The monoisotopic (exact) mass is 372 g/mol. The maximum atomic E-state index is 11.8. The normalized spacial score (nSPS) is 10.4. The lowest BCUT2D eigenvalue weighted by Gasteiger charge is -2.06. The van der Waals surface area contributed by atoms with E-state index >= 15 is 0 Å². The van der Waals surface area contributed by atoms with Gasteiger partial charge in [-0.25, -0.2) is 4.98 Å². The van der Waals surface area contributed by atoms with E-state index in [4.69, 9.17) is 0 Å². The van der Waals surface area contributed by atoms with Crippen molar-refractivity contribution in [1.82, 2.24) is 14.8 Å². The van der Waals surface area contributed by atoms with Gasteiger partial charge in [0.05, 0.1) is 16.4 Å². The summed E-state index contributed by atoms with van der Waals surface area (Å²) in [5, 5.41) is 6.80. The van der Waals surface area contributed by atoms with E-state index in [0.29, 0.717) is 5.82 Å². The Bertz CT molecular complexity index is 565. The van der Waals surface area contributed by atoms with Crippen LogP contribution in [0.25, 0.3) is 0 Å². The first kappa shape index (κ1) is 13.2. The van der Waals surface area contributed by atoms with Gasteiger partial charge in [0.1, 0.15) is 12.4 Å². The molecule has 2 rings (SSSR count). The number of rotatable bonds is 3. The van der Waals surface area contributed by atoms with Crippen LogP contribution in [0.2, 0.25) is 0 Å². The van der Waals surface area contributed by atoms with Gasteiger partial charge in [-0.1, -0.05) is 0 Å². The van der Waals surface area contributed by atoms with Gasteiger partial charge >= 0.3 is 0 Å². The smallest absolute Gasteiger partial charge is 0.247 e. The topological polar surface area (TPSA) is 59.8 Å². The van der Waals surface area contributed by atoms with E-state index in [-0.39, 0.29) is 12.5 Å². The van der Waals surface area contributed by atoms with Crippen molar-refractivity contribution in [2.24, 2.45) is 0 Å². The lowest BCUT2D eigenvalue weighted by atomic mass is 10.4. The van der Waals surface area contributed by atoms with Crippen LogP contribution < -0.4 is 5.32 Å². The van der Waals surface area contributed by atoms with Crippen molar-refractivity contribution < 1.29 is 4.79 Å². The summed E-state index contributed by atoms with van der Waals surface area (Å²) < 4.78 is 3.38. The highest BCUT2D eigenvalue weighted by atomic mass is 79.9. The van der Waals surface area contributed by atoms with Crippen LogP contribution in [0.15, 0.2) is 33.5 Å². The first-order chi connectivity index (χ1) is 8.56. The van der Waals surface area contributed by atoms with Gasteiger partial charge in [-0.2, -0.15) is 5.10 Å². The molecule has 0 saturated heterocycles. The number of amides is 1. The number of aromatic nitrogens is 3. The zero-order chi connectivity index (χ0) is 13.1. The van der Waals surface area contributed by atoms with Gasteiger partial charge in [0.15, 0.2) is 0 Å². The van der Waals surface area contributed by atoms with Crippen LogP contribution in [0.3, 0.4) is 0 Å². The molecule has 0 atom stereocenters. The van der Waals surface area contributed by atoms with Crippen LogP contribution >= 0.6 is 31.9 Å². The fourth-order valence-electron chi connectivity index (χ4n) is 1.35. The number of carbonyl (C=O) groups excluding carboxylic acids is 1. The third-order valence-corrected chi connectivity index (χ3v) is 3.58. The minimum atomic E-state index is -0.163. The Morgan fingerprint density at radius 3 is 2.72 bits per heavy atom. The second-order valence-electron chi connectivity index (χ2n) is 3.65. The number of hydrogen-bond acceptors (Lipinski definition) is 3. The molecule has 0 aromatic carbocycles. The summed E-state index contributed by atoms with van der Waals surface area (Å²) in [6, 6.07) is 3.55. The molecule has 2 aromatic heterocycles. The van der Waals surface area contributed by atoms with E-state index in [1.54, 1.807) is 23.1 Å². The highest BCUT2D eigenvalue weighted by Gasteiger charge is 2.09. The van der Waals surface area contributed by atoms with Crippen LogP contribution in [0.4, 0.5) is 5.82 Å². The molecule has 0 spiro atoms. The Kier molecular flexibility index (Phi) is 4.13. The number of nitrogens with one attached hydrogen (secondary N) is 1. The Morgan fingerprint density at radius 2 is 2.17 bits per heavy atom. The largest absolute Gasteiger partial charge is 0.309 e. The molecule has 2 aromatic rings. The quantitative estimate of drug-likeness (QED) is 0.899. The average Bonchev–Trinajstić information content (AvgIpc) is 2.64. The minimum absolute atomic E-state index is 0.162. The number of halogens is 2. The molecule has 0 bridgehead atoms. The molecule has 0 aliphatic rings. The molecular weight excluding hydrogens is 364 g/mol. The Labute approximate surface area is 121 Å². The van der Waals surface area contributed by atoms with Crippen molar-refractivity contribution in [3.8, 4) is 0 Å². The van der Waals surface area contributed by atoms with Crippen LogP contribution in [0.5, 0.6) is 0 Å². The molecular formula is C11H10Br2N4O. The molecule has 0 aliphatic heterocycles. The summed E-state index contributed by atoms with van der Waals surface area (Å²) in [5.41, 5.74) is 0.911. The van der Waals surface area contributed by atoms with Gasteiger partial charge in [-0.15, -0.1) is 0 Å². The van der Waals surface area contributed by atoms with Crippen molar-refractivity contribution >= 4 is 43.6 Å². The second-order valence-corrected chi connectivity index (χ2v) is 5.42. The standard InChI is InChI=1S/C11H10Br2N4O/c1-7-9(13)5-15-17(7)6-11(18)16-10-3-2-8(12)4-14-10/h2-5H,6H2,1H3,(H,14,16,18). The minimum Gasteiger partial charge on any atom is -0.309 e. The van der Waals surface area contributed by atoms with Crippen LogP contribution in [-0.4, -0.2) is 20.7 Å². The van der Waals surface area contributed by atoms with E-state index in [2.05, 4.69) is 47.3 Å². The summed E-state index contributed by atoms with van der Waals surface area (Å²) in [4.78, 5) is 15.9. The van der Waals surface area contributed by atoms with Crippen LogP contribution in [-0.2, 0) is 11.3 Å². The Hall–Kier alpha value is -1.21. The number of hydrogen-bond donors (Lipinski definition) is 1. The average molecular weight is 374 g/mol. The molecule has 0 aliphatic carbocycles. The van der Waals surface area contributed by atoms with Gasteiger partial charge in [-0.05, 0) is 50.9 Å². The molecule has 0 fully saturated rings. The summed E-state index contributed by atoms with van der Waals surface area (Å²) in [6.45, 7) is 2.05. The molecule has 1 N–H and O–H groups in total. The molecule has 94 valence electrons. The number of anilines is 1. The van der Waals surface area contributed by atoms with E-state index in [0.717, 1.165) is 14.6 Å². The fraction of sp³-hybridized carbons (Fsp3) is 0.182. The summed E-state index contributed by atoms with van der Waals surface area (Å²) in [7, 11) is 0. The van der Waals surface area contributed by atoms with Gasteiger partial charge < -0.3 is 5.32 Å². The van der Waals surface area contributed by atoms with Crippen molar-refractivity contribution in [1.29, 1.82) is 0 Å². The van der Waals surface area contributed by atoms with Gasteiger partial charge in [0.25, 0.3) is 0 Å². The summed E-state index contributed by atoms with van der Waals surface area (Å²) >= 11 is 6.63. The van der Waals surface area contributed by atoms with Crippen molar-refractivity contribution in [3.05, 3.63) is 39.2 Å². The Balaban J connectivity index is 2.01. The molecule has 7 heteroatoms. The maximum absolute atomic E-state index is 11.8. The molecule has 0 saturated carbocycles. The predicted molar refractivity (Wildman–Crippen MR) is 75.2 cm³/mol. The van der Waals surface area contributed by atoms with Crippen molar-refractivity contribution in [2.75, 3.05) is 5.32 Å². The highest BCUT2D eigenvalue weighted by Crippen LogP contribution is 2.14. The predicted octanol–water partition coefficient (Wildman–Crippen LogP) is 2.75. The lowest BCUT2D eigenvalue weighted by molar-refractivity contribution is -0.117. The Morgan fingerprint density at radius 1 is 1.39 bits per heavy atom. The zero-order valence-electron chi connectivity index (χ0n) is 9.52. The maximum Gasteiger partial charge on any atom is 0.247 e. The fourth-order valence-corrected chi connectivity index (χ4v) is 1.88. The summed E-state index contributed by atoms with van der Waals surface area (Å²) in [5.74, 6) is 0.357. The molecule has 18 heavy (non-hydrogen) atoms. The second kappa shape index (κ2) is 5.62. The first-order valence-electron chi connectivity index (χ1n) is 5.15. The van der Waals surface area contributed by atoms with Crippen LogP contribution in [0, 0.1) is 6.92 Å². The van der Waals surface area contributed by atoms with E-state index < -0.39 is 0 Å². The third-order valence-electron chi connectivity index (χ3n) is 2.33. The SMILES string of the molecule is Cc1c(Br)cnn1CC(=O)Nc1ccc(Br)cn1. The van der Waals surface area contributed by atoms with Gasteiger partial charge in [0.2, 0.25) is 5.91 Å². The van der Waals surface area contributed by atoms with E-state index in [9.17, 15) is 4.79 Å². The molecule has 0 radical (unpaired) electrons. The van der Waals surface area contributed by atoms with E-state index in [1.807, 2.05) is 13.0 Å². The molecule has 0 unspecified atom stereocenters.